The molecule has 3 rings (SSSR count). The average Bonchev–Trinajstić information content (AvgIpc) is 2.52. The average molecular weight is 355 g/mol. The first-order valence-corrected chi connectivity index (χ1v) is 9.07. The number of benzene rings is 3. The van der Waals surface area contributed by atoms with E-state index in [2.05, 4.69) is 10.2 Å². The van der Waals surface area contributed by atoms with Gasteiger partial charge in [-0.25, -0.2) is 13.6 Å². The second kappa shape index (κ2) is 6.27. The predicted octanol–water partition coefficient (Wildman–Crippen LogP) is 4.23. The van der Waals surface area contributed by atoms with E-state index >= 15 is 0 Å². The van der Waals surface area contributed by atoms with E-state index in [9.17, 15) is 13.5 Å². The Morgan fingerprint density at radius 2 is 1.56 bits per heavy atom. The standard InChI is InChI=1S/C18H17N3O3S/c1-11-7-12(2)9-13(8-11)20-21-17-5-6-18(22)15-4-3-14(10-16(15)17)25(19,23)24/h3-10,22H,1-2H3,(H2,19,23,24). The number of phenols is 1. The summed E-state index contributed by atoms with van der Waals surface area (Å²) in [7, 11) is -3.86. The molecule has 0 unspecified atom stereocenters. The van der Waals surface area contributed by atoms with Crippen molar-refractivity contribution in [3.8, 4) is 5.75 Å². The summed E-state index contributed by atoms with van der Waals surface area (Å²) in [5, 5.41) is 24.6. The van der Waals surface area contributed by atoms with Crippen molar-refractivity contribution in [3.63, 3.8) is 0 Å². The van der Waals surface area contributed by atoms with Gasteiger partial charge in [-0.3, -0.25) is 0 Å². The van der Waals surface area contributed by atoms with Gasteiger partial charge in [-0.1, -0.05) is 6.07 Å². The van der Waals surface area contributed by atoms with E-state index in [1.54, 1.807) is 6.07 Å². The largest absolute Gasteiger partial charge is 0.507 e. The van der Waals surface area contributed by atoms with Crippen LogP contribution >= 0.6 is 0 Å². The van der Waals surface area contributed by atoms with Gasteiger partial charge in [0.1, 0.15) is 5.75 Å². The first-order valence-electron chi connectivity index (χ1n) is 7.52. The lowest BCUT2D eigenvalue weighted by Gasteiger charge is -2.06. The third kappa shape index (κ3) is 3.67. The molecular weight excluding hydrogens is 338 g/mol. The zero-order valence-electron chi connectivity index (χ0n) is 13.8. The smallest absolute Gasteiger partial charge is 0.238 e. The van der Waals surface area contributed by atoms with Crippen molar-refractivity contribution in [2.24, 2.45) is 15.4 Å². The molecule has 0 aliphatic rings. The van der Waals surface area contributed by atoms with Crippen molar-refractivity contribution >= 4 is 32.2 Å². The van der Waals surface area contributed by atoms with Gasteiger partial charge in [-0.05, 0) is 67.4 Å². The van der Waals surface area contributed by atoms with Crippen LogP contribution < -0.4 is 5.14 Å². The minimum Gasteiger partial charge on any atom is -0.507 e. The second-order valence-electron chi connectivity index (χ2n) is 5.90. The fraction of sp³-hybridized carbons (Fsp3) is 0.111. The summed E-state index contributed by atoms with van der Waals surface area (Å²) in [6, 6.07) is 13.1. The van der Waals surface area contributed by atoms with Crippen molar-refractivity contribution in [2.45, 2.75) is 18.7 Å². The molecule has 0 amide bonds. The Morgan fingerprint density at radius 1 is 0.880 bits per heavy atom. The van der Waals surface area contributed by atoms with E-state index in [0.29, 0.717) is 22.1 Å². The third-order valence-corrected chi connectivity index (χ3v) is 4.66. The van der Waals surface area contributed by atoms with Crippen LogP contribution in [0.2, 0.25) is 0 Å². The topological polar surface area (TPSA) is 105 Å². The van der Waals surface area contributed by atoms with Crippen molar-refractivity contribution < 1.29 is 13.5 Å². The fourth-order valence-electron chi connectivity index (χ4n) is 2.68. The highest BCUT2D eigenvalue weighted by Crippen LogP contribution is 2.35. The van der Waals surface area contributed by atoms with Gasteiger partial charge in [-0.2, -0.15) is 5.11 Å². The maximum Gasteiger partial charge on any atom is 0.238 e. The molecule has 3 N–H and O–H groups in total. The van der Waals surface area contributed by atoms with Gasteiger partial charge < -0.3 is 5.11 Å². The molecule has 3 aromatic carbocycles. The third-order valence-electron chi connectivity index (χ3n) is 3.75. The number of aromatic hydroxyl groups is 1. The number of hydrogen-bond donors (Lipinski definition) is 2. The Labute approximate surface area is 145 Å². The summed E-state index contributed by atoms with van der Waals surface area (Å²) in [5.74, 6) is 0.0290. The number of azo groups is 1. The SMILES string of the molecule is Cc1cc(C)cc(N=Nc2ccc(O)c3ccc(S(N)(=O)=O)cc23)c1. The molecule has 0 aliphatic carbocycles. The van der Waals surface area contributed by atoms with Crippen LogP contribution in [-0.2, 0) is 10.0 Å². The van der Waals surface area contributed by atoms with Crippen LogP contribution in [0, 0.1) is 13.8 Å². The molecular formula is C18H17N3O3S. The number of phenolic OH excluding ortho intramolecular Hbond substituents is 1. The summed E-state index contributed by atoms with van der Waals surface area (Å²) in [4.78, 5) is -0.0477. The number of primary sulfonamides is 1. The van der Waals surface area contributed by atoms with Crippen LogP contribution in [0.4, 0.5) is 11.4 Å². The molecule has 0 saturated carbocycles. The molecule has 0 spiro atoms. The molecule has 0 radical (unpaired) electrons. The van der Waals surface area contributed by atoms with Gasteiger partial charge in [0.2, 0.25) is 10.0 Å². The summed E-state index contributed by atoms with van der Waals surface area (Å²) in [6.45, 7) is 3.95. The number of nitrogens with two attached hydrogens (primary N) is 1. The number of rotatable bonds is 3. The predicted molar refractivity (Wildman–Crippen MR) is 97.1 cm³/mol. The van der Waals surface area contributed by atoms with E-state index in [-0.39, 0.29) is 10.6 Å². The molecule has 25 heavy (non-hydrogen) atoms. The highest BCUT2D eigenvalue weighted by atomic mass is 32.2. The van der Waals surface area contributed by atoms with E-state index in [0.717, 1.165) is 11.1 Å². The number of sulfonamides is 1. The van der Waals surface area contributed by atoms with Crippen molar-refractivity contribution in [1.29, 1.82) is 0 Å². The number of nitrogens with zero attached hydrogens (tertiary/aromatic N) is 2. The second-order valence-corrected chi connectivity index (χ2v) is 7.46. The number of hydrogen-bond acceptors (Lipinski definition) is 5. The minimum absolute atomic E-state index is 0.0290. The maximum atomic E-state index is 11.6. The molecule has 0 bridgehead atoms. The highest BCUT2D eigenvalue weighted by Gasteiger charge is 2.12. The molecule has 7 heteroatoms. The summed E-state index contributed by atoms with van der Waals surface area (Å²) in [5.41, 5.74) is 3.28. The molecule has 0 fully saturated rings. The Morgan fingerprint density at radius 3 is 2.20 bits per heavy atom. The monoisotopic (exact) mass is 355 g/mol. The van der Waals surface area contributed by atoms with Crippen LogP contribution in [0.1, 0.15) is 11.1 Å². The molecule has 3 aromatic rings. The lowest BCUT2D eigenvalue weighted by atomic mass is 10.1. The Bertz CT molecular complexity index is 1090. The quantitative estimate of drug-likeness (QED) is 0.687. The fourth-order valence-corrected chi connectivity index (χ4v) is 3.22. The van der Waals surface area contributed by atoms with Gasteiger partial charge >= 0.3 is 0 Å². The van der Waals surface area contributed by atoms with Gasteiger partial charge in [0, 0.05) is 10.8 Å². The lowest BCUT2D eigenvalue weighted by molar-refractivity contribution is 0.481. The zero-order chi connectivity index (χ0) is 18.2. The van der Waals surface area contributed by atoms with Gasteiger partial charge in [0.05, 0.1) is 16.3 Å². The molecule has 0 saturated heterocycles. The van der Waals surface area contributed by atoms with Crippen LogP contribution in [-0.4, -0.2) is 13.5 Å². The maximum absolute atomic E-state index is 11.6. The summed E-state index contributed by atoms with van der Waals surface area (Å²) >= 11 is 0. The van der Waals surface area contributed by atoms with E-state index in [4.69, 9.17) is 5.14 Å². The molecule has 6 nitrogen and oxygen atoms in total. The van der Waals surface area contributed by atoms with E-state index in [1.165, 1.54) is 24.3 Å². The number of fused-ring (bicyclic) bond motifs is 1. The highest BCUT2D eigenvalue weighted by molar-refractivity contribution is 7.89. The Balaban J connectivity index is 2.15. The summed E-state index contributed by atoms with van der Waals surface area (Å²) in [6.07, 6.45) is 0. The Kier molecular flexibility index (Phi) is 4.28. The van der Waals surface area contributed by atoms with Gasteiger partial charge in [-0.15, -0.1) is 5.11 Å². The zero-order valence-corrected chi connectivity index (χ0v) is 14.6. The van der Waals surface area contributed by atoms with E-state index in [1.807, 2.05) is 32.0 Å². The lowest BCUT2D eigenvalue weighted by Crippen LogP contribution is -2.11. The van der Waals surface area contributed by atoms with Crippen LogP contribution in [0.3, 0.4) is 0 Å². The summed E-state index contributed by atoms with van der Waals surface area (Å²) < 4.78 is 23.2. The first kappa shape index (κ1) is 17.1. The van der Waals surface area contributed by atoms with Crippen LogP contribution in [0.15, 0.2) is 63.7 Å². The van der Waals surface area contributed by atoms with Crippen molar-refractivity contribution in [3.05, 3.63) is 59.7 Å². The van der Waals surface area contributed by atoms with Gasteiger partial charge in [0.25, 0.3) is 0 Å². The number of aryl methyl sites for hydroxylation is 2. The van der Waals surface area contributed by atoms with Crippen molar-refractivity contribution in [2.75, 3.05) is 0 Å². The molecule has 128 valence electrons. The van der Waals surface area contributed by atoms with Crippen molar-refractivity contribution in [1.82, 2.24) is 0 Å². The minimum atomic E-state index is -3.86. The molecule has 0 atom stereocenters. The Hall–Kier alpha value is -2.77. The normalized spacial score (nSPS) is 12.1. The molecule has 0 heterocycles. The molecule has 0 aliphatic heterocycles. The van der Waals surface area contributed by atoms with Crippen LogP contribution in [0.25, 0.3) is 10.8 Å². The first-order chi connectivity index (χ1) is 11.7. The van der Waals surface area contributed by atoms with Crippen LogP contribution in [0.5, 0.6) is 5.75 Å². The molecule has 0 aromatic heterocycles. The van der Waals surface area contributed by atoms with Gasteiger partial charge in [0.15, 0.2) is 0 Å². The van der Waals surface area contributed by atoms with E-state index < -0.39 is 10.0 Å².